The number of fused-ring (bicyclic) bond motifs is 1. The summed E-state index contributed by atoms with van der Waals surface area (Å²) < 4.78 is 5.36. The lowest BCUT2D eigenvalue weighted by atomic mass is 10.1. The van der Waals surface area contributed by atoms with Crippen molar-refractivity contribution >= 4 is 16.6 Å². The average Bonchev–Trinajstić information content (AvgIpc) is 2.38. The standard InChI is InChI=1S/C15H18N2O/c1-4-6-11(2)17-15-13-7-5-8-14(18-3)12(13)9-10-16-15/h4-5,7-11H,1,6H2,2-3H3,(H,16,17). The van der Waals surface area contributed by atoms with E-state index in [9.17, 15) is 0 Å². The first-order chi connectivity index (χ1) is 8.76. The first-order valence-corrected chi connectivity index (χ1v) is 6.05. The number of nitrogens with one attached hydrogen (secondary N) is 1. The van der Waals surface area contributed by atoms with E-state index in [4.69, 9.17) is 4.74 Å². The van der Waals surface area contributed by atoms with Gasteiger partial charge in [0.2, 0.25) is 0 Å². The van der Waals surface area contributed by atoms with Crippen LogP contribution in [0.1, 0.15) is 13.3 Å². The highest BCUT2D eigenvalue weighted by Crippen LogP contribution is 2.29. The zero-order chi connectivity index (χ0) is 13.0. The summed E-state index contributed by atoms with van der Waals surface area (Å²) >= 11 is 0. The molecule has 2 aromatic rings. The minimum absolute atomic E-state index is 0.312. The Morgan fingerprint density at radius 3 is 2.94 bits per heavy atom. The average molecular weight is 242 g/mol. The van der Waals surface area contributed by atoms with E-state index >= 15 is 0 Å². The van der Waals surface area contributed by atoms with Crippen molar-refractivity contribution in [1.29, 1.82) is 0 Å². The van der Waals surface area contributed by atoms with E-state index in [0.29, 0.717) is 6.04 Å². The van der Waals surface area contributed by atoms with Gasteiger partial charge in [-0.3, -0.25) is 0 Å². The molecule has 1 unspecified atom stereocenters. The van der Waals surface area contributed by atoms with Crippen LogP contribution in [0.15, 0.2) is 43.1 Å². The van der Waals surface area contributed by atoms with Crippen LogP contribution < -0.4 is 10.1 Å². The third-order valence-corrected chi connectivity index (χ3v) is 2.89. The van der Waals surface area contributed by atoms with Crippen molar-refractivity contribution in [2.75, 3.05) is 12.4 Å². The highest BCUT2D eigenvalue weighted by Gasteiger charge is 2.08. The fourth-order valence-corrected chi connectivity index (χ4v) is 2.01. The summed E-state index contributed by atoms with van der Waals surface area (Å²) in [7, 11) is 1.68. The lowest BCUT2D eigenvalue weighted by molar-refractivity contribution is 0.420. The Morgan fingerprint density at radius 1 is 1.39 bits per heavy atom. The Balaban J connectivity index is 2.42. The van der Waals surface area contributed by atoms with E-state index in [1.807, 2.05) is 30.3 Å². The molecule has 2 rings (SSSR count). The van der Waals surface area contributed by atoms with Gasteiger partial charge in [-0.2, -0.15) is 0 Å². The topological polar surface area (TPSA) is 34.2 Å². The molecule has 0 spiro atoms. The third-order valence-electron chi connectivity index (χ3n) is 2.89. The van der Waals surface area contributed by atoms with E-state index in [1.54, 1.807) is 13.3 Å². The van der Waals surface area contributed by atoms with Crippen LogP contribution >= 0.6 is 0 Å². The molecule has 0 fully saturated rings. The summed E-state index contributed by atoms with van der Waals surface area (Å²) in [5.74, 6) is 1.76. The van der Waals surface area contributed by atoms with Crippen LogP contribution in [0, 0.1) is 0 Å². The third kappa shape index (κ3) is 2.45. The summed E-state index contributed by atoms with van der Waals surface area (Å²) in [6.45, 7) is 5.87. The molecule has 0 aliphatic rings. The molecule has 0 aliphatic heterocycles. The monoisotopic (exact) mass is 242 g/mol. The fourth-order valence-electron chi connectivity index (χ4n) is 2.01. The normalized spacial score (nSPS) is 12.1. The Hall–Kier alpha value is -2.03. The quantitative estimate of drug-likeness (QED) is 0.813. The summed E-state index contributed by atoms with van der Waals surface area (Å²) in [4.78, 5) is 4.40. The van der Waals surface area contributed by atoms with Crippen LogP contribution in [-0.2, 0) is 0 Å². The number of rotatable bonds is 5. The van der Waals surface area contributed by atoms with Gasteiger partial charge < -0.3 is 10.1 Å². The number of methoxy groups -OCH3 is 1. The molecule has 0 bridgehead atoms. The smallest absolute Gasteiger partial charge is 0.134 e. The highest BCUT2D eigenvalue weighted by molar-refractivity contribution is 5.95. The van der Waals surface area contributed by atoms with Gasteiger partial charge >= 0.3 is 0 Å². The molecule has 0 aliphatic carbocycles. The number of benzene rings is 1. The second kappa shape index (κ2) is 5.54. The Kier molecular flexibility index (Phi) is 3.82. The molecule has 3 heteroatoms. The van der Waals surface area contributed by atoms with Gasteiger partial charge in [0.15, 0.2) is 0 Å². The number of pyridine rings is 1. The highest BCUT2D eigenvalue weighted by atomic mass is 16.5. The molecule has 0 saturated heterocycles. The Morgan fingerprint density at radius 2 is 2.22 bits per heavy atom. The summed E-state index contributed by atoms with van der Waals surface area (Å²) in [6, 6.07) is 8.27. The van der Waals surface area contributed by atoms with E-state index in [2.05, 4.69) is 23.8 Å². The summed E-state index contributed by atoms with van der Waals surface area (Å²) in [6.07, 6.45) is 4.61. The number of ether oxygens (including phenoxy) is 1. The van der Waals surface area contributed by atoms with Crippen LogP contribution in [0.3, 0.4) is 0 Å². The zero-order valence-corrected chi connectivity index (χ0v) is 10.8. The van der Waals surface area contributed by atoms with Gasteiger partial charge in [0.25, 0.3) is 0 Å². The van der Waals surface area contributed by atoms with Crippen molar-refractivity contribution in [3.63, 3.8) is 0 Å². The van der Waals surface area contributed by atoms with Gasteiger partial charge in [0, 0.05) is 23.0 Å². The molecule has 1 aromatic carbocycles. The second-order valence-corrected chi connectivity index (χ2v) is 4.28. The summed E-state index contributed by atoms with van der Waals surface area (Å²) in [5, 5.41) is 5.55. The molecule has 94 valence electrons. The molecule has 0 amide bonds. The van der Waals surface area contributed by atoms with Crippen molar-refractivity contribution in [3.8, 4) is 5.75 Å². The number of nitrogens with zero attached hydrogens (tertiary/aromatic N) is 1. The van der Waals surface area contributed by atoms with Crippen LogP contribution in [0.25, 0.3) is 10.8 Å². The molecular weight excluding hydrogens is 224 g/mol. The lowest BCUT2D eigenvalue weighted by Crippen LogP contribution is -2.15. The molecule has 0 radical (unpaired) electrons. The molecule has 1 heterocycles. The fraction of sp³-hybridized carbons (Fsp3) is 0.267. The number of hydrogen-bond donors (Lipinski definition) is 1. The second-order valence-electron chi connectivity index (χ2n) is 4.28. The maximum atomic E-state index is 5.36. The van der Waals surface area contributed by atoms with Gasteiger partial charge in [-0.15, -0.1) is 6.58 Å². The minimum Gasteiger partial charge on any atom is -0.496 e. The summed E-state index contributed by atoms with van der Waals surface area (Å²) in [5.41, 5.74) is 0. The molecular formula is C15H18N2O. The number of anilines is 1. The van der Waals surface area contributed by atoms with Gasteiger partial charge in [-0.05, 0) is 25.5 Å². The maximum Gasteiger partial charge on any atom is 0.134 e. The first kappa shape index (κ1) is 12.4. The maximum absolute atomic E-state index is 5.36. The van der Waals surface area contributed by atoms with Gasteiger partial charge in [0.1, 0.15) is 11.6 Å². The van der Waals surface area contributed by atoms with Crippen LogP contribution in [0.5, 0.6) is 5.75 Å². The molecule has 1 aromatic heterocycles. The van der Waals surface area contributed by atoms with Crippen molar-refractivity contribution in [3.05, 3.63) is 43.1 Å². The van der Waals surface area contributed by atoms with Crippen molar-refractivity contribution in [1.82, 2.24) is 4.98 Å². The molecule has 1 N–H and O–H groups in total. The van der Waals surface area contributed by atoms with Gasteiger partial charge in [-0.25, -0.2) is 4.98 Å². The predicted molar refractivity (Wildman–Crippen MR) is 76.2 cm³/mol. The Bertz CT molecular complexity index is 551. The van der Waals surface area contributed by atoms with E-state index in [-0.39, 0.29) is 0 Å². The SMILES string of the molecule is C=CCC(C)Nc1nccc2c(OC)cccc12. The molecule has 18 heavy (non-hydrogen) atoms. The number of aromatic nitrogens is 1. The van der Waals surface area contributed by atoms with Crippen molar-refractivity contribution in [2.45, 2.75) is 19.4 Å². The van der Waals surface area contributed by atoms with E-state index in [1.165, 1.54) is 0 Å². The van der Waals surface area contributed by atoms with Crippen LogP contribution in [0.2, 0.25) is 0 Å². The molecule has 1 atom stereocenters. The van der Waals surface area contributed by atoms with Crippen molar-refractivity contribution in [2.24, 2.45) is 0 Å². The predicted octanol–water partition coefficient (Wildman–Crippen LogP) is 3.62. The largest absolute Gasteiger partial charge is 0.496 e. The Labute approximate surface area is 107 Å². The molecule has 0 saturated carbocycles. The molecule has 3 nitrogen and oxygen atoms in total. The lowest BCUT2D eigenvalue weighted by Gasteiger charge is -2.15. The van der Waals surface area contributed by atoms with Crippen molar-refractivity contribution < 1.29 is 4.74 Å². The van der Waals surface area contributed by atoms with E-state index < -0.39 is 0 Å². The van der Waals surface area contributed by atoms with Gasteiger partial charge in [0.05, 0.1) is 7.11 Å². The van der Waals surface area contributed by atoms with Gasteiger partial charge in [-0.1, -0.05) is 18.2 Å². The van der Waals surface area contributed by atoms with Crippen LogP contribution in [0.4, 0.5) is 5.82 Å². The first-order valence-electron chi connectivity index (χ1n) is 6.05. The van der Waals surface area contributed by atoms with Crippen LogP contribution in [-0.4, -0.2) is 18.1 Å². The minimum atomic E-state index is 0.312. The number of hydrogen-bond acceptors (Lipinski definition) is 3. The zero-order valence-electron chi connectivity index (χ0n) is 10.8. The van der Waals surface area contributed by atoms with E-state index in [0.717, 1.165) is 28.8 Å².